The summed E-state index contributed by atoms with van der Waals surface area (Å²) in [4.78, 5) is 15.0. The molecule has 6 heteroatoms. The van der Waals surface area contributed by atoms with Crippen LogP contribution in [0.5, 0.6) is 5.75 Å². The number of hydrogen-bond acceptors (Lipinski definition) is 4. The van der Waals surface area contributed by atoms with Crippen molar-refractivity contribution in [2.24, 2.45) is 5.41 Å². The van der Waals surface area contributed by atoms with Gasteiger partial charge in [-0.05, 0) is 35.2 Å². The molecule has 0 spiro atoms. The lowest BCUT2D eigenvalue weighted by Crippen LogP contribution is -2.43. The number of nitrogens with zero attached hydrogens (tertiary/aromatic N) is 2. The third-order valence-corrected chi connectivity index (χ3v) is 8.32. The van der Waals surface area contributed by atoms with Crippen molar-refractivity contribution < 1.29 is 18.8 Å². The number of carbonyl (C=O) groups excluding carboxylic acids is 1. The fourth-order valence-electron chi connectivity index (χ4n) is 5.66. The van der Waals surface area contributed by atoms with Crippen LogP contribution in [0.1, 0.15) is 43.8 Å². The van der Waals surface area contributed by atoms with Crippen LogP contribution in [-0.4, -0.2) is 24.1 Å². The van der Waals surface area contributed by atoms with Crippen molar-refractivity contribution >= 4 is 33.0 Å². The van der Waals surface area contributed by atoms with Gasteiger partial charge in [-0.25, -0.2) is 4.57 Å². The van der Waals surface area contributed by atoms with Gasteiger partial charge in [0.2, 0.25) is 0 Å². The summed E-state index contributed by atoms with van der Waals surface area (Å²) in [6, 6.07) is 23.2. The summed E-state index contributed by atoms with van der Waals surface area (Å²) in [5.74, 6) is 0.623. The first-order valence-corrected chi connectivity index (χ1v) is 13.9. The molecule has 1 aliphatic heterocycles. The van der Waals surface area contributed by atoms with Gasteiger partial charge < -0.3 is 9.47 Å². The van der Waals surface area contributed by atoms with Gasteiger partial charge in [-0.1, -0.05) is 86.7 Å². The van der Waals surface area contributed by atoms with Crippen molar-refractivity contribution in [3.05, 3.63) is 77.3 Å². The molecule has 1 atom stereocenters. The molecule has 0 fully saturated rings. The largest absolute Gasteiger partial charge is 0.488 e. The molecule has 0 amide bonds. The first kappa shape index (κ1) is 24.7. The summed E-state index contributed by atoms with van der Waals surface area (Å²) < 4.78 is 16.4. The van der Waals surface area contributed by atoms with Gasteiger partial charge >= 0.3 is 10.9 Å². The number of thiazole rings is 1. The van der Waals surface area contributed by atoms with Crippen LogP contribution in [0, 0.1) is 12.3 Å². The Kier molecular flexibility index (Phi) is 6.03. The molecule has 0 aliphatic carbocycles. The standard InChI is InChI=1S/C32H33N2O3S/c1-20-29(21-11-7-6-8-12-21)34-26(18-32(2,3)4)30-25-15-22-13-9-10-14-23(22)16-27(25)37-19-24(17-28(35)36-5)33(30)31(34)38-20/h6-16,24H,17-19H2,1-5H3/q+1. The van der Waals surface area contributed by atoms with Gasteiger partial charge in [0.1, 0.15) is 18.4 Å². The van der Waals surface area contributed by atoms with Gasteiger partial charge in [0.15, 0.2) is 17.1 Å². The second kappa shape index (κ2) is 9.28. The lowest BCUT2D eigenvalue weighted by atomic mass is 9.88. The molecule has 0 N–H and O–H groups in total. The second-order valence-corrected chi connectivity index (χ2v) is 12.5. The Morgan fingerprint density at radius 2 is 1.76 bits per heavy atom. The molecule has 38 heavy (non-hydrogen) atoms. The molecule has 0 saturated carbocycles. The molecule has 0 bridgehead atoms. The van der Waals surface area contributed by atoms with Crippen LogP contribution in [0.2, 0.25) is 0 Å². The number of fused-ring (bicyclic) bond motifs is 6. The number of hydrogen-bond donors (Lipinski definition) is 0. The molecular weight excluding hydrogens is 492 g/mol. The number of imidazole rings is 1. The quantitative estimate of drug-likeness (QED) is 0.185. The number of aryl methyl sites for hydroxylation is 1. The molecule has 5 nitrogen and oxygen atoms in total. The summed E-state index contributed by atoms with van der Waals surface area (Å²) in [7, 11) is 1.45. The fourth-order valence-corrected chi connectivity index (χ4v) is 6.87. The third-order valence-electron chi connectivity index (χ3n) is 7.26. The van der Waals surface area contributed by atoms with E-state index in [4.69, 9.17) is 9.47 Å². The number of benzene rings is 3. The minimum atomic E-state index is -0.235. The van der Waals surface area contributed by atoms with Gasteiger partial charge in [-0.15, -0.1) is 0 Å². The summed E-state index contributed by atoms with van der Waals surface area (Å²) in [6.45, 7) is 9.43. The van der Waals surface area contributed by atoms with Gasteiger partial charge in [0.05, 0.1) is 24.0 Å². The highest BCUT2D eigenvalue weighted by Crippen LogP contribution is 2.43. The first-order valence-electron chi connectivity index (χ1n) is 13.1. The van der Waals surface area contributed by atoms with E-state index in [1.807, 2.05) is 0 Å². The van der Waals surface area contributed by atoms with Crippen LogP contribution in [0.15, 0.2) is 66.7 Å². The lowest BCUT2D eigenvalue weighted by Gasteiger charge is -2.17. The topological polar surface area (TPSA) is 43.8 Å². The smallest absolute Gasteiger partial charge is 0.347 e. The molecule has 2 aromatic heterocycles. The van der Waals surface area contributed by atoms with Crippen LogP contribution in [0.4, 0.5) is 0 Å². The van der Waals surface area contributed by atoms with Crippen LogP contribution in [-0.2, 0) is 16.0 Å². The summed E-state index contributed by atoms with van der Waals surface area (Å²) in [6.07, 6.45) is 1.11. The monoisotopic (exact) mass is 525 g/mol. The van der Waals surface area contributed by atoms with Crippen LogP contribution >= 0.6 is 11.3 Å². The van der Waals surface area contributed by atoms with Gasteiger partial charge in [-0.3, -0.25) is 4.79 Å². The number of aromatic nitrogens is 2. The van der Waals surface area contributed by atoms with Crippen LogP contribution in [0.3, 0.4) is 0 Å². The van der Waals surface area contributed by atoms with Crippen molar-refractivity contribution in [2.75, 3.05) is 13.7 Å². The number of rotatable bonds is 4. The lowest BCUT2D eigenvalue weighted by molar-refractivity contribution is -0.685. The number of methoxy groups -OCH3 is 1. The van der Waals surface area contributed by atoms with E-state index >= 15 is 0 Å². The van der Waals surface area contributed by atoms with Gasteiger partial charge in [0.25, 0.3) is 0 Å². The number of esters is 1. The predicted octanol–water partition coefficient (Wildman–Crippen LogP) is 7.17. The highest BCUT2D eigenvalue weighted by molar-refractivity contribution is 7.17. The molecule has 194 valence electrons. The Morgan fingerprint density at radius 1 is 1.08 bits per heavy atom. The van der Waals surface area contributed by atoms with Gasteiger partial charge in [0, 0.05) is 12.0 Å². The molecule has 3 heterocycles. The van der Waals surface area contributed by atoms with E-state index < -0.39 is 0 Å². The Labute approximate surface area is 227 Å². The molecule has 1 aliphatic rings. The van der Waals surface area contributed by atoms with Crippen molar-refractivity contribution in [2.45, 2.75) is 46.6 Å². The zero-order valence-corrected chi connectivity index (χ0v) is 23.4. The van der Waals surface area contributed by atoms with E-state index in [2.05, 4.69) is 103 Å². The third kappa shape index (κ3) is 4.17. The fraction of sp³-hybridized carbons (Fsp3) is 0.312. The van der Waals surface area contributed by atoms with E-state index in [0.29, 0.717) is 6.61 Å². The number of ether oxygens (including phenoxy) is 2. The zero-order valence-electron chi connectivity index (χ0n) is 22.6. The van der Waals surface area contributed by atoms with Crippen molar-refractivity contribution in [3.8, 4) is 28.3 Å². The van der Waals surface area contributed by atoms with Crippen molar-refractivity contribution in [1.29, 1.82) is 0 Å². The minimum absolute atomic E-state index is 0.0361. The van der Waals surface area contributed by atoms with E-state index in [9.17, 15) is 4.79 Å². The Balaban J connectivity index is 1.75. The molecule has 0 radical (unpaired) electrons. The SMILES string of the molecule is COC(=O)CC1COc2cc3ccccc3cc2-c2c(CC(C)(C)C)n3c(-c4ccccc4)c(C)sc3[n+]21. The average molecular weight is 526 g/mol. The highest BCUT2D eigenvalue weighted by atomic mass is 32.1. The maximum atomic E-state index is 12.6. The van der Waals surface area contributed by atoms with Crippen LogP contribution < -0.4 is 9.30 Å². The second-order valence-electron chi connectivity index (χ2n) is 11.3. The maximum Gasteiger partial charge on any atom is 0.347 e. The first-order chi connectivity index (χ1) is 18.2. The van der Waals surface area contributed by atoms with Crippen LogP contribution in [0.25, 0.3) is 38.2 Å². The molecular formula is C32H33N2O3S+. The van der Waals surface area contributed by atoms with Crippen molar-refractivity contribution in [1.82, 2.24) is 4.40 Å². The Morgan fingerprint density at radius 3 is 2.45 bits per heavy atom. The summed E-state index contributed by atoms with van der Waals surface area (Å²) in [5, 5.41) is 2.31. The Hall–Kier alpha value is -3.64. The molecule has 1 unspecified atom stereocenters. The average Bonchev–Trinajstić information content (AvgIpc) is 3.32. The van der Waals surface area contributed by atoms with E-state index in [1.165, 1.54) is 34.3 Å². The van der Waals surface area contributed by atoms with E-state index in [0.717, 1.165) is 33.8 Å². The molecule has 5 aromatic rings. The molecule has 6 rings (SSSR count). The maximum absolute atomic E-state index is 12.6. The van der Waals surface area contributed by atoms with E-state index in [-0.39, 0.29) is 23.8 Å². The normalized spacial score (nSPS) is 15.1. The summed E-state index contributed by atoms with van der Waals surface area (Å²) >= 11 is 1.78. The molecule has 3 aromatic carbocycles. The highest BCUT2D eigenvalue weighted by Gasteiger charge is 2.41. The predicted molar refractivity (Wildman–Crippen MR) is 153 cm³/mol. The van der Waals surface area contributed by atoms with Crippen molar-refractivity contribution in [3.63, 3.8) is 0 Å². The minimum Gasteiger partial charge on any atom is -0.488 e. The van der Waals surface area contributed by atoms with E-state index in [1.54, 1.807) is 11.3 Å². The Bertz CT molecular complexity index is 1670. The number of carbonyl (C=O) groups is 1. The van der Waals surface area contributed by atoms with Gasteiger partial charge in [-0.2, -0.15) is 4.40 Å². The zero-order chi connectivity index (χ0) is 26.6. The molecule has 0 saturated heterocycles. The summed E-state index contributed by atoms with van der Waals surface area (Å²) in [5.41, 5.74) is 5.89.